The minimum Gasteiger partial charge on any atom is -0.302 e. The quantitative estimate of drug-likeness (QED) is 0.646. The molecule has 2 heteroatoms. The Hall–Kier alpha value is -0.0800. The van der Waals surface area contributed by atoms with E-state index in [-0.39, 0.29) is 0 Å². The van der Waals surface area contributed by atoms with Gasteiger partial charge in [0.1, 0.15) is 0 Å². The number of hydrogen-bond acceptors (Lipinski definition) is 2. The molecule has 1 rings (SSSR count). The molecule has 1 aliphatic heterocycles. The Balaban J connectivity index is 2.40. The normalized spacial score (nSPS) is 25.8. The molecule has 1 unspecified atom stereocenters. The third-order valence-corrected chi connectivity index (χ3v) is 3.30. The van der Waals surface area contributed by atoms with Crippen molar-refractivity contribution in [2.75, 3.05) is 27.2 Å². The van der Waals surface area contributed by atoms with Gasteiger partial charge in [-0.15, -0.1) is 0 Å². The maximum absolute atomic E-state index is 2.49. The Morgan fingerprint density at radius 2 is 2.00 bits per heavy atom. The van der Waals surface area contributed by atoms with Gasteiger partial charge in [-0.1, -0.05) is 0 Å². The Labute approximate surface area is 82.9 Å². The molecule has 0 N–H and O–H groups in total. The fourth-order valence-corrected chi connectivity index (χ4v) is 1.80. The van der Waals surface area contributed by atoms with Crippen molar-refractivity contribution in [2.24, 2.45) is 0 Å². The van der Waals surface area contributed by atoms with Crippen molar-refractivity contribution < 1.29 is 0 Å². The molecule has 0 bridgehead atoms. The molecule has 0 amide bonds. The van der Waals surface area contributed by atoms with Crippen LogP contribution in [-0.4, -0.2) is 48.6 Å². The number of hydrogen-bond donors (Lipinski definition) is 0. The fraction of sp³-hybridized carbons (Fsp3) is 1.00. The smallest absolute Gasteiger partial charge is 0.0220 e. The van der Waals surface area contributed by atoms with Gasteiger partial charge in [0, 0.05) is 18.1 Å². The summed E-state index contributed by atoms with van der Waals surface area (Å²) in [6, 6.07) is 0.782. The zero-order chi connectivity index (χ0) is 10.1. The van der Waals surface area contributed by atoms with Crippen LogP contribution in [0.2, 0.25) is 0 Å². The summed E-state index contributed by atoms with van der Waals surface area (Å²) in [5.41, 5.74) is 0.309. The van der Waals surface area contributed by atoms with E-state index >= 15 is 0 Å². The van der Waals surface area contributed by atoms with Gasteiger partial charge in [0.15, 0.2) is 0 Å². The van der Waals surface area contributed by atoms with Crippen LogP contribution in [0.5, 0.6) is 0 Å². The summed E-state index contributed by atoms with van der Waals surface area (Å²) in [4.78, 5) is 4.95. The van der Waals surface area contributed by atoms with Gasteiger partial charge in [-0.25, -0.2) is 0 Å². The molecule has 78 valence electrons. The predicted molar refractivity (Wildman–Crippen MR) is 58.0 cm³/mol. The zero-order valence-electron chi connectivity index (χ0n) is 9.80. The first-order valence-corrected chi connectivity index (χ1v) is 5.33. The summed E-state index contributed by atoms with van der Waals surface area (Å²) in [5.74, 6) is 0. The fourth-order valence-electron chi connectivity index (χ4n) is 1.80. The standard InChI is InChI=1S/C11H24N2/c1-11(2,3)13(5)9-10-7-6-8-12(10)4/h10H,6-9H2,1-5H3. The number of rotatable bonds is 2. The molecular formula is C11H24N2. The van der Waals surface area contributed by atoms with Gasteiger partial charge in [0.2, 0.25) is 0 Å². The van der Waals surface area contributed by atoms with Crippen LogP contribution in [-0.2, 0) is 0 Å². The van der Waals surface area contributed by atoms with E-state index in [9.17, 15) is 0 Å². The van der Waals surface area contributed by atoms with E-state index in [2.05, 4.69) is 44.7 Å². The van der Waals surface area contributed by atoms with E-state index in [1.165, 1.54) is 25.9 Å². The number of likely N-dealkylation sites (N-methyl/N-ethyl adjacent to an activating group) is 2. The van der Waals surface area contributed by atoms with Crippen LogP contribution in [0.25, 0.3) is 0 Å². The van der Waals surface area contributed by atoms with Crippen molar-refractivity contribution >= 4 is 0 Å². The maximum Gasteiger partial charge on any atom is 0.0220 e. The SMILES string of the molecule is CN1CCCC1CN(C)C(C)(C)C. The summed E-state index contributed by atoms with van der Waals surface area (Å²) in [5, 5.41) is 0. The second-order valence-electron chi connectivity index (χ2n) is 5.33. The summed E-state index contributed by atoms with van der Waals surface area (Å²) < 4.78 is 0. The lowest BCUT2D eigenvalue weighted by molar-refractivity contribution is 0.132. The molecule has 0 saturated carbocycles. The molecule has 1 aliphatic rings. The molecule has 13 heavy (non-hydrogen) atoms. The van der Waals surface area contributed by atoms with Crippen molar-refractivity contribution in [3.63, 3.8) is 0 Å². The van der Waals surface area contributed by atoms with E-state index in [1.807, 2.05) is 0 Å². The van der Waals surface area contributed by atoms with Crippen LogP contribution < -0.4 is 0 Å². The van der Waals surface area contributed by atoms with Gasteiger partial charge in [0.25, 0.3) is 0 Å². The molecule has 1 heterocycles. The third kappa shape index (κ3) is 2.96. The highest BCUT2D eigenvalue weighted by Gasteiger charge is 2.25. The monoisotopic (exact) mass is 184 g/mol. The minimum atomic E-state index is 0.309. The zero-order valence-corrected chi connectivity index (χ0v) is 9.80. The lowest BCUT2D eigenvalue weighted by Crippen LogP contribution is -2.45. The summed E-state index contributed by atoms with van der Waals surface area (Å²) in [6.07, 6.45) is 2.75. The van der Waals surface area contributed by atoms with Crippen LogP contribution in [0, 0.1) is 0 Å². The molecule has 0 aromatic heterocycles. The third-order valence-electron chi connectivity index (χ3n) is 3.30. The number of likely N-dealkylation sites (tertiary alicyclic amines) is 1. The maximum atomic E-state index is 2.49. The molecule has 1 fully saturated rings. The molecule has 0 aromatic carbocycles. The van der Waals surface area contributed by atoms with Crippen LogP contribution in [0.1, 0.15) is 33.6 Å². The Morgan fingerprint density at radius 1 is 1.38 bits per heavy atom. The molecule has 2 nitrogen and oxygen atoms in total. The summed E-state index contributed by atoms with van der Waals surface area (Å²) in [6.45, 7) is 9.33. The molecule has 0 aromatic rings. The molecular weight excluding hydrogens is 160 g/mol. The van der Waals surface area contributed by atoms with Crippen molar-refractivity contribution in [3.05, 3.63) is 0 Å². The van der Waals surface area contributed by atoms with Crippen molar-refractivity contribution in [1.82, 2.24) is 9.80 Å². The van der Waals surface area contributed by atoms with Crippen molar-refractivity contribution in [1.29, 1.82) is 0 Å². The Bertz CT molecular complexity index is 160. The van der Waals surface area contributed by atoms with E-state index in [1.54, 1.807) is 0 Å². The molecule has 1 atom stereocenters. The van der Waals surface area contributed by atoms with Crippen molar-refractivity contribution in [2.45, 2.75) is 45.2 Å². The Kier molecular flexibility index (Phi) is 3.36. The molecule has 0 radical (unpaired) electrons. The highest BCUT2D eigenvalue weighted by atomic mass is 15.2. The summed E-state index contributed by atoms with van der Waals surface area (Å²) >= 11 is 0. The first-order chi connectivity index (χ1) is 5.91. The second-order valence-corrected chi connectivity index (χ2v) is 5.33. The Morgan fingerprint density at radius 3 is 2.38 bits per heavy atom. The highest BCUT2D eigenvalue weighted by molar-refractivity contribution is 4.82. The predicted octanol–water partition coefficient (Wildman–Crippen LogP) is 1.81. The van der Waals surface area contributed by atoms with Gasteiger partial charge in [0.05, 0.1) is 0 Å². The van der Waals surface area contributed by atoms with Gasteiger partial charge >= 0.3 is 0 Å². The average molecular weight is 184 g/mol. The van der Waals surface area contributed by atoms with Crippen LogP contribution in [0.3, 0.4) is 0 Å². The average Bonchev–Trinajstić information content (AvgIpc) is 2.34. The first-order valence-electron chi connectivity index (χ1n) is 5.33. The number of nitrogens with zero attached hydrogens (tertiary/aromatic N) is 2. The van der Waals surface area contributed by atoms with E-state index in [0.29, 0.717) is 5.54 Å². The molecule has 1 saturated heterocycles. The van der Waals surface area contributed by atoms with Gasteiger partial charge < -0.3 is 4.90 Å². The summed E-state index contributed by atoms with van der Waals surface area (Å²) in [7, 11) is 4.47. The highest BCUT2D eigenvalue weighted by Crippen LogP contribution is 2.19. The van der Waals surface area contributed by atoms with Crippen LogP contribution in [0.15, 0.2) is 0 Å². The minimum absolute atomic E-state index is 0.309. The largest absolute Gasteiger partial charge is 0.302 e. The lowest BCUT2D eigenvalue weighted by atomic mass is 10.1. The van der Waals surface area contributed by atoms with Crippen molar-refractivity contribution in [3.8, 4) is 0 Å². The van der Waals surface area contributed by atoms with E-state index in [4.69, 9.17) is 0 Å². The molecule has 0 aliphatic carbocycles. The van der Waals surface area contributed by atoms with Gasteiger partial charge in [-0.05, 0) is 54.3 Å². The van der Waals surface area contributed by atoms with E-state index in [0.717, 1.165) is 6.04 Å². The van der Waals surface area contributed by atoms with Gasteiger partial charge in [-0.2, -0.15) is 0 Å². The van der Waals surface area contributed by atoms with E-state index < -0.39 is 0 Å². The van der Waals surface area contributed by atoms with Crippen LogP contribution in [0.4, 0.5) is 0 Å². The van der Waals surface area contributed by atoms with Crippen LogP contribution >= 0.6 is 0 Å². The lowest BCUT2D eigenvalue weighted by Gasteiger charge is -2.35. The topological polar surface area (TPSA) is 6.48 Å². The first kappa shape index (κ1) is 11.0. The second kappa shape index (κ2) is 3.97. The van der Waals surface area contributed by atoms with Gasteiger partial charge in [-0.3, -0.25) is 4.90 Å². The molecule has 0 spiro atoms.